The highest BCUT2D eigenvalue weighted by Gasteiger charge is 2.28. The SMILES string of the molecule is CC(C)(C)CCCOC(=O)NC1CCC(CC2CCC(NC(=O)O)CC2)CC1. The van der Waals surface area contributed by atoms with Gasteiger partial charge >= 0.3 is 12.2 Å². The fourth-order valence-corrected chi connectivity index (χ4v) is 4.71. The van der Waals surface area contributed by atoms with Gasteiger partial charge in [-0.05, 0) is 87.9 Å². The van der Waals surface area contributed by atoms with E-state index >= 15 is 0 Å². The van der Waals surface area contributed by atoms with Gasteiger partial charge in [0.15, 0.2) is 0 Å². The molecule has 0 heterocycles. The van der Waals surface area contributed by atoms with Crippen LogP contribution < -0.4 is 10.6 Å². The summed E-state index contributed by atoms with van der Waals surface area (Å²) in [7, 11) is 0. The first kappa shape index (κ1) is 22.8. The van der Waals surface area contributed by atoms with E-state index in [9.17, 15) is 9.59 Å². The number of hydrogen-bond donors (Lipinski definition) is 3. The van der Waals surface area contributed by atoms with E-state index in [1.54, 1.807) is 0 Å². The number of carbonyl (C=O) groups is 2. The Kier molecular flexibility index (Phi) is 8.90. The van der Waals surface area contributed by atoms with Gasteiger partial charge in [-0.25, -0.2) is 9.59 Å². The zero-order chi connectivity index (χ0) is 20.6. The maximum absolute atomic E-state index is 12.0. The van der Waals surface area contributed by atoms with Gasteiger partial charge in [-0.3, -0.25) is 0 Å². The van der Waals surface area contributed by atoms with Crippen molar-refractivity contribution in [2.24, 2.45) is 17.3 Å². The summed E-state index contributed by atoms with van der Waals surface area (Å²) in [6, 6.07) is 0.393. The molecule has 0 aromatic rings. The Hall–Kier alpha value is -1.46. The van der Waals surface area contributed by atoms with Gasteiger partial charge in [0.05, 0.1) is 6.61 Å². The minimum atomic E-state index is -0.901. The molecule has 0 aliphatic heterocycles. The quantitative estimate of drug-likeness (QED) is 0.509. The highest BCUT2D eigenvalue weighted by molar-refractivity contribution is 5.67. The van der Waals surface area contributed by atoms with Gasteiger partial charge in [-0.15, -0.1) is 0 Å². The number of hydrogen-bond acceptors (Lipinski definition) is 3. The fraction of sp³-hybridized carbons (Fsp3) is 0.909. The Morgan fingerprint density at radius 3 is 1.86 bits per heavy atom. The maximum atomic E-state index is 12.0. The van der Waals surface area contributed by atoms with Crippen molar-refractivity contribution >= 4 is 12.2 Å². The fourth-order valence-electron chi connectivity index (χ4n) is 4.71. The van der Waals surface area contributed by atoms with E-state index < -0.39 is 6.09 Å². The number of alkyl carbamates (subject to hydrolysis) is 1. The van der Waals surface area contributed by atoms with Crippen molar-refractivity contribution < 1.29 is 19.4 Å². The monoisotopic (exact) mass is 396 g/mol. The third kappa shape index (κ3) is 9.16. The Labute approximate surface area is 170 Å². The summed E-state index contributed by atoms with van der Waals surface area (Å²) in [6.45, 7) is 7.09. The van der Waals surface area contributed by atoms with Crippen LogP contribution in [-0.2, 0) is 4.74 Å². The predicted octanol–water partition coefficient (Wildman–Crippen LogP) is 5.31. The van der Waals surface area contributed by atoms with Crippen LogP contribution in [0.1, 0.15) is 91.4 Å². The molecule has 2 aliphatic rings. The van der Waals surface area contributed by atoms with E-state index in [1.807, 2.05) is 0 Å². The summed E-state index contributed by atoms with van der Waals surface area (Å²) in [6.07, 6.45) is 10.7. The van der Waals surface area contributed by atoms with Crippen LogP contribution in [0.3, 0.4) is 0 Å². The molecule has 0 atom stereocenters. The second-order valence-electron chi connectivity index (χ2n) is 10.1. The molecule has 0 aromatic carbocycles. The number of carbonyl (C=O) groups excluding carboxylic acids is 1. The molecule has 0 unspecified atom stereocenters. The zero-order valence-electron chi connectivity index (χ0n) is 18.0. The third-order valence-electron chi connectivity index (χ3n) is 6.31. The molecule has 3 N–H and O–H groups in total. The number of ether oxygens (including phenoxy) is 1. The van der Waals surface area contributed by atoms with Crippen molar-refractivity contribution in [1.82, 2.24) is 10.6 Å². The zero-order valence-corrected chi connectivity index (χ0v) is 18.0. The summed E-state index contributed by atoms with van der Waals surface area (Å²) in [4.78, 5) is 22.7. The molecule has 0 saturated heterocycles. The van der Waals surface area contributed by atoms with E-state index in [1.165, 1.54) is 19.3 Å². The Bertz CT molecular complexity index is 487. The molecule has 0 bridgehead atoms. The molecule has 0 spiro atoms. The average Bonchev–Trinajstić information content (AvgIpc) is 2.61. The molecule has 0 radical (unpaired) electrons. The lowest BCUT2D eigenvalue weighted by Crippen LogP contribution is -2.39. The van der Waals surface area contributed by atoms with E-state index in [2.05, 4.69) is 31.4 Å². The largest absolute Gasteiger partial charge is 0.465 e. The molecule has 0 aromatic heterocycles. The molecular weight excluding hydrogens is 356 g/mol. The minimum Gasteiger partial charge on any atom is -0.465 e. The van der Waals surface area contributed by atoms with Crippen molar-refractivity contribution in [2.75, 3.05) is 6.61 Å². The first-order valence-electron chi connectivity index (χ1n) is 11.1. The number of nitrogens with one attached hydrogen (secondary N) is 2. The summed E-state index contributed by atoms with van der Waals surface area (Å²) in [5.74, 6) is 1.48. The summed E-state index contributed by atoms with van der Waals surface area (Å²) in [5, 5.41) is 14.5. The van der Waals surface area contributed by atoms with Gasteiger partial charge in [0.25, 0.3) is 0 Å². The van der Waals surface area contributed by atoms with Gasteiger partial charge in [0, 0.05) is 12.1 Å². The van der Waals surface area contributed by atoms with Crippen molar-refractivity contribution in [3.63, 3.8) is 0 Å². The van der Waals surface area contributed by atoms with Crippen LogP contribution in [0, 0.1) is 17.3 Å². The Balaban J connectivity index is 1.55. The molecule has 2 amide bonds. The smallest absolute Gasteiger partial charge is 0.407 e. The van der Waals surface area contributed by atoms with Gasteiger partial charge in [-0.1, -0.05) is 20.8 Å². The lowest BCUT2D eigenvalue weighted by atomic mass is 9.76. The van der Waals surface area contributed by atoms with E-state index in [0.29, 0.717) is 6.61 Å². The molecule has 2 rings (SSSR count). The van der Waals surface area contributed by atoms with Gasteiger partial charge in [0.2, 0.25) is 0 Å². The summed E-state index contributed by atoms with van der Waals surface area (Å²) >= 11 is 0. The second-order valence-corrected chi connectivity index (χ2v) is 10.1. The molecular formula is C22H40N2O4. The van der Waals surface area contributed by atoms with Gasteiger partial charge in [-0.2, -0.15) is 0 Å². The van der Waals surface area contributed by atoms with Gasteiger partial charge in [0.1, 0.15) is 0 Å². The molecule has 6 nitrogen and oxygen atoms in total. The van der Waals surface area contributed by atoms with Crippen LogP contribution >= 0.6 is 0 Å². The highest BCUT2D eigenvalue weighted by atomic mass is 16.5. The molecule has 2 fully saturated rings. The molecule has 162 valence electrons. The number of amides is 2. The third-order valence-corrected chi connectivity index (χ3v) is 6.31. The van der Waals surface area contributed by atoms with E-state index in [-0.39, 0.29) is 23.6 Å². The van der Waals surface area contributed by atoms with Crippen molar-refractivity contribution in [2.45, 2.75) is 103 Å². The van der Waals surface area contributed by atoms with Crippen LogP contribution in [0.15, 0.2) is 0 Å². The molecule has 28 heavy (non-hydrogen) atoms. The molecule has 2 aliphatic carbocycles. The predicted molar refractivity (Wildman–Crippen MR) is 110 cm³/mol. The normalized spacial score (nSPS) is 28.4. The maximum Gasteiger partial charge on any atom is 0.407 e. The number of carboxylic acid groups (broad SMARTS) is 1. The Morgan fingerprint density at radius 1 is 0.893 bits per heavy atom. The lowest BCUT2D eigenvalue weighted by Gasteiger charge is -2.34. The summed E-state index contributed by atoms with van der Waals surface area (Å²) < 4.78 is 5.33. The lowest BCUT2D eigenvalue weighted by molar-refractivity contribution is 0.129. The van der Waals surface area contributed by atoms with Crippen LogP contribution in [0.2, 0.25) is 0 Å². The minimum absolute atomic E-state index is 0.142. The molecule has 2 saturated carbocycles. The van der Waals surface area contributed by atoms with Crippen molar-refractivity contribution in [1.29, 1.82) is 0 Å². The highest BCUT2D eigenvalue weighted by Crippen LogP contribution is 2.35. The van der Waals surface area contributed by atoms with Crippen molar-refractivity contribution in [3.05, 3.63) is 0 Å². The van der Waals surface area contributed by atoms with E-state index in [4.69, 9.17) is 9.84 Å². The average molecular weight is 397 g/mol. The van der Waals surface area contributed by atoms with Crippen LogP contribution in [0.4, 0.5) is 9.59 Å². The van der Waals surface area contributed by atoms with Crippen molar-refractivity contribution in [3.8, 4) is 0 Å². The van der Waals surface area contributed by atoms with E-state index in [0.717, 1.165) is 63.2 Å². The van der Waals surface area contributed by atoms with Crippen LogP contribution in [0.25, 0.3) is 0 Å². The van der Waals surface area contributed by atoms with Gasteiger partial charge < -0.3 is 20.5 Å². The second kappa shape index (κ2) is 10.9. The summed E-state index contributed by atoms with van der Waals surface area (Å²) in [5.41, 5.74) is 0.282. The first-order chi connectivity index (χ1) is 13.2. The topological polar surface area (TPSA) is 87.7 Å². The van der Waals surface area contributed by atoms with Crippen LogP contribution in [0.5, 0.6) is 0 Å². The van der Waals surface area contributed by atoms with Crippen LogP contribution in [-0.4, -0.2) is 36.0 Å². The first-order valence-corrected chi connectivity index (χ1v) is 11.1. The number of rotatable bonds is 7. The molecule has 6 heteroatoms. The Morgan fingerprint density at radius 2 is 1.39 bits per heavy atom. The standard InChI is InChI=1S/C22H40N2O4/c1-22(2,3)13-4-14-28-21(27)24-19-11-7-17(8-12-19)15-16-5-9-18(10-6-16)23-20(25)26/h16-19,23H,4-15H2,1-3H3,(H,24,27)(H,25,26).